The van der Waals surface area contributed by atoms with Crippen molar-refractivity contribution in [2.24, 2.45) is 0 Å². The van der Waals surface area contributed by atoms with Crippen molar-refractivity contribution in [3.05, 3.63) is 37.3 Å². The van der Waals surface area contributed by atoms with E-state index in [0.29, 0.717) is 0 Å². The van der Waals surface area contributed by atoms with Gasteiger partial charge in [0.2, 0.25) is 0 Å². The van der Waals surface area contributed by atoms with Crippen LogP contribution < -0.4 is 0 Å². The molecule has 0 saturated carbocycles. The molecule has 0 saturated heterocycles. The first-order valence-electron chi connectivity index (χ1n) is 2.86. The molecule has 0 aliphatic heterocycles. The fraction of sp³-hybridized carbons (Fsp3) is 0.143. The summed E-state index contributed by atoms with van der Waals surface area (Å²) in [4.78, 5) is 7.00. The smallest absolute Gasteiger partial charge is 0.109 e. The van der Waals surface area contributed by atoms with E-state index in [2.05, 4.69) is 16.9 Å². The topological polar surface area (TPSA) is 28.7 Å². The minimum atomic E-state index is 0.844. The van der Waals surface area contributed by atoms with Crippen molar-refractivity contribution >= 4 is 0 Å². The Kier molecular flexibility index (Phi) is 2.07. The number of hydrogen-bond acceptors (Lipinski definition) is 1. The molecule has 0 atom stereocenters. The third kappa shape index (κ3) is 1.72. The highest BCUT2D eigenvalue weighted by molar-refractivity contribution is 4.97. The molecule has 1 heterocycles. The lowest BCUT2D eigenvalue weighted by Crippen LogP contribution is -1.81. The Morgan fingerprint density at radius 1 is 1.78 bits per heavy atom. The molecule has 1 radical (unpaired) electrons. The SMILES string of the molecule is [CH2]C=CCc1ncc[nH]1. The summed E-state index contributed by atoms with van der Waals surface area (Å²) < 4.78 is 0. The first-order valence-corrected chi connectivity index (χ1v) is 2.86. The molecule has 47 valence electrons. The average Bonchev–Trinajstić information content (AvgIpc) is 2.34. The van der Waals surface area contributed by atoms with E-state index in [9.17, 15) is 0 Å². The molecule has 2 heteroatoms. The van der Waals surface area contributed by atoms with Crippen molar-refractivity contribution in [3.8, 4) is 0 Å². The molecule has 2 nitrogen and oxygen atoms in total. The fourth-order valence-corrected chi connectivity index (χ4v) is 0.605. The van der Waals surface area contributed by atoms with E-state index in [-0.39, 0.29) is 0 Å². The summed E-state index contributed by atoms with van der Waals surface area (Å²) in [5.74, 6) is 0.981. The van der Waals surface area contributed by atoms with Crippen LogP contribution >= 0.6 is 0 Å². The van der Waals surface area contributed by atoms with E-state index < -0.39 is 0 Å². The summed E-state index contributed by atoms with van der Waals surface area (Å²) >= 11 is 0. The zero-order chi connectivity index (χ0) is 6.53. The summed E-state index contributed by atoms with van der Waals surface area (Å²) in [7, 11) is 0. The van der Waals surface area contributed by atoms with Crippen LogP contribution in [0.1, 0.15) is 5.82 Å². The second kappa shape index (κ2) is 3.07. The summed E-state index contributed by atoms with van der Waals surface area (Å²) in [5.41, 5.74) is 0. The van der Waals surface area contributed by atoms with E-state index in [1.165, 1.54) is 0 Å². The maximum absolute atomic E-state index is 4.02. The van der Waals surface area contributed by atoms with E-state index in [1.54, 1.807) is 12.3 Å². The highest BCUT2D eigenvalue weighted by Crippen LogP contribution is 1.89. The third-order valence-electron chi connectivity index (χ3n) is 1.03. The first-order chi connectivity index (χ1) is 4.43. The van der Waals surface area contributed by atoms with Gasteiger partial charge in [0.25, 0.3) is 0 Å². The largest absolute Gasteiger partial charge is 0.348 e. The Labute approximate surface area is 54.6 Å². The van der Waals surface area contributed by atoms with Crippen molar-refractivity contribution in [1.29, 1.82) is 0 Å². The van der Waals surface area contributed by atoms with Crippen molar-refractivity contribution in [3.63, 3.8) is 0 Å². The van der Waals surface area contributed by atoms with Gasteiger partial charge in [0.05, 0.1) is 0 Å². The molecule has 0 fully saturated rings. The van der Waals surface area contributed by atoms with E-state index in [1.807, 2.05) is 12.3 Å². The predicted molar refractivity (Wildman–Crippen MR) is 36.8 cm³/mol. The second-order valence-corrected chi connectivity index (χ2v) is 1.71. The summed E-state index contributed by atoms with van der Waals surface area (Å²) in [6.07, 6.45) is 8.12. The van der Waals surface area contributed by atoms with Crippen LogP contribution in [0.15, 0.2) is 24.5 Å². The van der Waals surface area contributed by atoms with Gasteiger partial charge in [0, 0.05) is 18.8 Å². The van der Waals surface area contributed by atoms with Crippen LogP contribution in [0.25, 0.3) is 0 Å². The number of H-pyrrole nitrogens is 1. The zero-order valence-corrected chi connectivity index (χ0v) is 5.17. The Bertz CT molecular complexity index is 175. The van der Waals surface area contributed by atoms with Gasteiger partial charge in [0.1, 0.15) is 5.82 Å². The summed E-state index contributed by atoms with van der Waals surface area (Å²) in [5, 5.41) is 0. The Morgan fingerprint density at radius 3 is 3.22 bits per heavy atom. The van der Waals surface area contributed by atoms with Crippen LogP contribution in [0.5, 0.6) is 0 Å². The van der Waals surface area contributed by atoms with Gasteiger partial charge in [-0.1, -0.05) is 12.2 Å². The Morgan fingerprint density at radius 2 is 2.67 bits per heavy atom. The number of rotatable bonds is 2. The van der Waals surface area contributed by atoms with Gasteiger partial charge < -0.3 is 4.98 Å². The average molecular weight is 121 g/mol. The van der Waals surface area contributed by atoms with Gasteiger partial charge in [-0.2, -0.15) is 0 Å². The monoisotopic (exact) mass is 121 g/mol. The van der Waals surface area contributed by atoms with Crippen LogP contribution in [-0.2, 0) is 6.42 Å². The zero-order valence-electron chi connectivity index (χ0n) is 5.17. The highest BCUT2D eigenvalue weighted by atomic mass is 14.9. The molecule has 0 aliphatic carbocycles. The number of hydrogen-bond donors (Lipinski definition) is 1. The normalized spacial score (nSPS) is 10.8. The van der Waals surface area contributed by atoms with E-state index >= 15 is 0 Å². The number of imidazole rings is 1. The molecule has 0 aromatic carbocycles. The van der Waals surface area contributed by atoms with Crippen LogP contribution in [0.2, 0.25) is 0 Å². The molecule has 1 aromatic rings. The highest BCUT2D eigenvalue weighted by Gasteiger charge is 1.85. The lowest BCUT2D eigenvalue weighted by molar-refractivity contribution is 1.06. The van der Waals surface area contributed by atoms with E-state index in [4.69, 9.17) is 0 Å². The first kappa shape index (κ1) is 6.08. The number of nitrogens with one attached hydrogen (secondary N) is 1. The van der Waals surface area contributed by atoms with Crippen molar-refractivity contribution in [1.82, 2.24) is 9.97 Å². The summed E-state index contributed by atoms with van der Waals surface area (Å²) in [6.45, 7) is 3.56. The quantitative estimate of drug-likeness (QED) is 0.628. The van der Waals surface area contributed by atoms with Gasteiger partial charge in [-0.25, -0.2) is 4.98 Å². The van der Waals surface area contributed by atoms with Gasteiger partial charge in [0.15, 0.2) is 0 Å². The van der Waals surface area contributed by atoms with Gasteiger partial charge in [-0.15, -0.1) is 0 Å². The van der Waals surface area contributed by atoms with Crippen molar-refractivity contribution < 1.29 is 0 Å². The molecule has 0 spiro atoms. The van der Waals surface area contributed by atoms with Crippen LogP contribution in [-0.4, -0.2) is 9.97 Å². The van der Waals surface area contributed by atoms with Crippen LogP contribution in [0, 0.1) is 6.92 Å². The number of aromatic nitrogens is 2. The maximum Gasteiger partial charge on any atom is 0.109 e. The van der Waals surface area contributed by atoms with Crippen molar-refractivity contribution in [2.75, 3.05) is 0 Å². The molecule has 0 amide bonds. The molecule has 1 rings (SSSR count). The molecule has 1 aromatic heterocycles. The molecule has 0 unspecified atom stereocenters. The third-order valence-corrected chi connectivity index (χ3v) is 1.03. The number of allylic oxidation sites excluding steroid dienone is 2. The van der Waals surface area contributed by atoms with E-state index in [0.717, 1.165) is 12.2 Å². The molecule has 0 bridgehead atoms. The van der Waals surface area contributed by atoms with Gasteiger partial charge >= 0.3 is 0 Å². The predicted octanol–water partition coefficient (Wildman–Crippen LogP) is 1.34. The van der Waals surface area contributed by atoms with Gasteiger partial charge in [-0.3, -0.25) is 0 Å². The number of aromatic amines is 1. The standard InChI is InChI=1S/C7H9N2/c1-2-3-4-7-8-5-6-9-7/h2-3,5-6H,1,4H2,(H,8,9). The molecular formula is C7H9N2. The Hall–Kier alpha value is -1.05. The molecule has 9 heavy (non-hydrogen) atoms. The minimum absolute atomic E-state index is 0.844. The fourth-order valence-electron chi connectivity index (χ4n) is 0.605. The summed E-state index contributed by atoms with van der Waals surface area (Å²) in [6, 6.07) is 0. The molecule has 0 aliphatic rings. The van der Waals surface area contributed by atoms with Crippen molar-refractivity contribution in [2.45, 2.75) is 6.42 Å². The molecular weight excluding hydrogens is 112 g/mol. The number of nitrogens with zero attached hydrogens (tertiary/aromatic N) is 1. The maximum atomic E-state index is 4.02. The van der Waals surface area contributed by atoms with Crippen LogP contribution in [0.3, 0.4) is 0 Å². The molecule has 1 N–H and O–H groups in total. The minimum Gasteiger partial charge on any atom is -0.348 e. The lowest BCUT2D eigenvalue weighted by Gasteiger charge is -1.83. The second-order valence-electron chi connectivity index (χ2n) is 1.71. The van der Waals surface area contributed by atoms with Crippen LogP contribution in [0.4, 0.5) is 0 Å². The van der Waals surface area contributed by atoms with Gasteiger partial charge in [-0.05, 0) is 6.92 Å². The Balaban J connectivity index is 2.48. The lowest BCUT2D eigenvalue weighted by atomic mass is 10.4.